The molecule has 2 aromatic rings. The molecule has 2 aromatic heterocycles. The molecule has 1 aliphatic heterocycles. The molecule has 110 valence electrons. The molecule has 0 saturated carbocycles. The highest BCUT2D eigenvalue weighted by Crippen LogP contribution is 2.19. The molecule has 0 aliphatic carbocycles. The van der Waals surface area contributed by atoms with Crippen LogP contribution in [-0.4, -0.2) is 40.1 Å². The Morgan fingerprint density at radius 3 is 2.90 bits per heavy atom. The van der Waals surface area contributed by atoms with E-state index in [-0.39, 0.29) is 12.0 Å². The van der Waals surface area contributed by atoms with Gasteiger partial charge in [0.2, 0.25) is 5.91 Å². The molecule has 6 nitrogen and oxygen atoms in total. The smallest absolute Gasteiger partial charge is 0.227 e. The van der Waals surface area contributed by atoms with Gasteiger partial charge >= 0.3 is 0 Å². The molecule has 1 amide bonds. The van der Waals surface area contributed by atoms with Gasteiger partial charge in [0.1, 0.15) is 17.6 Å². The second-order valence-electron chi connectivity index (χ2n) is 5.21. The third-order valence-electron chi connectivity index (χ3n) is 3.65. The summed E-state index contributed by atoms with van der Waals surface area (Å²) in [4.78, 5) is 18.0. The van der Waals surface area contributed by atoms with E-state index in [1.54, 1.807) is 17.3 Å². The van der Waals surface area contributed by atoms with Crippen LogP contribution in [0.25, 0.3) is 0 Å². The molecule has 3 heterocycles. The van der Waals surface area contributed by atoms with Crippen molar-refractivity contribution < 1.29 is 14.1 Å². The first-order chi connectivity index (χ1) is 10.1. The summed E-state index contributed by atoms with van der Waals surface area (Å²) >= 11 is 0. The minimum Gasteiger partial charge on any atom is -0.485 e. The fraction of sp³-hybridized carbons (Fsp3) is 0.400. The molecule has 1 fully saturated rings. The quantitative estimate of drug-likeness (QED) is 0.852. The van der Waals surface area contributed by atoms with E-state index in [4.69, 9.17) is 9.26 Å². The number of hydrogen-bond acceptors (Lipinski definition) is 5. The summed E-state index contributed by atoms with van der Waals surface area (Å²) in [6.07, 6.45) is 3.75. The molecule has 1 saturated heterocycles. The SMILES string of the molecule is Cc1noc(C)c1CC(=O)N1CC(Oc2cccnc2)C1. The summed E-state index contributed by atoms with van der Waals surface area (Å²) < 4.78 is 10.8. The topological polar surface area (TPSA) is 68.5 Å². The van der Waals surface area contributed by atoms with E-state index in [9.17, 15) is 4.79 Å². The number of carbonyl (C=O) groups is 1. The van der Waals surface area contributed by atoms with Crippen molar-refractivity contribution in [2.24, 2.45) is 0 Å². The molecule has 1 aliphatic rings. The monoisotopic (exact) mass is 287 g/mol. The highest BCUT2D eigenvalue weighted by molar-refractivity contribution is 5.80. The summed E-state index contributed by atoms with van der Waals surface area (Å²) in [5.41, 5.74) is 1.67. The van der Waals surface area contributed by atoms with E-state index in [1.807, 2.05) is 26.0 Å². The van der Waals surface area contributed by atoms with Gasteiger partial charge < -0.3 is 14.2 Å². The Balaban J connectivity index is 1.51. The molecule has 6 heteroatoms. The van der Waals surface area contributed by atoms with Crippen LogP contribution in [0.1, 0.15) is 17.0 Å². The Bertz CT molecular complexity index is 613. The maximum Gasteiger partial charge on any atom is 0.227 e. The number of aryl methyl sites for hydroxylation is 2. The van der Waals surface area contributed by atoms with Crippen molar-refractivity contribution in [1.82, 2.24) is 15.0 Å². The van der Waals surface area contributed by atoms with Crippen molar-refractivity contribution in [2.45, 2.75) is 26.4 Å². The summed E-state index contributed by atoms with van der Waals surface area (Å²) in [7, 11) is 0. The van der Waals surface area contributed by atoms with E-state index in [0.29, 0.717) is 25.3 Å². The lowest BCUT2D eigenvalue weighted by atomic mass is 10.1. The maximum absolute atomic E-state index is 12.2. The number of nitrogens with zero attached hydrogens (tertiary/aromatic N) is 3. The van der Waals surface area contributed by atoms with Crippen LogP contribution in [0.15, 0.2) is 29.0 Å². The average molecular weight is 287 g/mol. The van der Waals surface area contributed by atoms with Crippen LogP contribution in [0.3, 0.4) is 0 Å². The minimum absolute atomic E-state index is 0.0443. The van der Waals surface area contributed by atoms with Crippen molar-refractivity contribution in [3.05, 3.63) is 41.5 Å². The van der Waals surface area contributed by atoms with Crippen molar-refractivity contribution >= 4 is 5.91 Å². The number of rotatable bonds is 4. The van der Waals surface area contributed by atoms with Crippen LogP contribution >= 0.6 is 0 Å². The Hall–Kier alpha value is -2.37. The molecular weight excluding hydrogens is 270 g/mol. The second-order valence-corrected chi connectivity index (χ2v) is 5.21. The van der Waals surface area contributed by atoms with Gasteiger partial charge in [-0.1, -0.05) is 5.16 Å². The predicted octanol–water partition coefficient (Wildman–Crippen LogP) is 1.52. The Kier molecular flexibility index (Phi) is 3.60. The fourth-order valence-corrected chi connectivity index (χ4v) is 2.34. The molecule has 0 unspecified atom stereocenters. The van der Waals surface area contributed by atoms with E-state index in [0.717, 1.165) is 17.0 Å². The zero-order valence-electron chi connectivity index (χ0n) is 12.1. The van der Waals surface area contributed by atoms with Gasteiger partial charge in [-0.15, -0.1) is 0 Å². The standard InChI is InChI=1S/C15H17N3O3/c1-10-14(11(2)21-17-10)6-15(19)18-8-13(9-18)20-12-4-3-5-16-7-12/h3-5,7,13H,6,8-9H2,1-2H3. The van der Waals surface area contributed by atoms with Gasteiger partial charge in [-0.2, -0.15) is 0 Å². The third kappa shape index (κ3) is 2.89. The highest BCUT2D eigenvalue weighted by atomic mass is 16.5. The zero-order chi connectivity index (χ0) is 14.8. The van der Waals surface area contributed by atoms with Gasteiger partial charge in [-0.25, -0.2) is 0 Å². The van der Waals surface area contributed by atoms with Crippen LogP contribution in [0, 0.1) is 13.8 Å². The van der Waals surface area contributed by atoms with Gasteiger partial charge in [-0.05, 0) is 26.0 Å². The number of aromatic nitrogens is 2. The molecule has 0 spiro atoms. The summed E-state index contributed by atoms with van der Waals surface area (Å²) in [6, 6.07) is 3.69. The van der Waals surface area contributed by atoms with E-state index >= 15 is 0 Å². The number of carbonyl (C=O) groups excluding carboxylic acids is 1. The number of likely N-dealkylation sites (tertiary alicyclic amines) is 1. The number of ether oxygens (including phenoxy) is 1. The molecule has 0 N–H and O–H groups in total. The van der Waals surface area contributed by atoms with Crippen molar-refractivity contribution in [3.8, 4) is 5.75 Å². The van der Waals surface area contributed by atoms with Gasteiger partial charge in [0.25, 0.3) is 0 Å². The summed E-state index contributed by atoms with van der Waals surface area (Å²) in [5, 5.41) is 3.87. The molecule has 21 heavy (non-hydrogen) atoms. The van der Waals surface area contributed by atoms with Crippen molar-refractivity contribution in [3.63, 3.8) is 0 Å². The van der Waals surface area contributed by atoms with Crippen LogP contribution in [0.4, 0.5) is 0 Å². The number of pyridine rings is 1. The average Bonchev–Trinajstić information content (AvgIpc) is 2.75. The van der Waals surface area contributed by atoms with Crippen molar-refractivity contribution in [1.29, 1.82) is 0 Å². The highest BCUT2D eigenvalue weighted by Gasteiger charge is 2.32. The van der Waals surface area contributed by atoms with Crippen LogP contribution in [0.2, 0.25) is 0 Å². The largest absolute Gasteiger partial charge is 0.485 e. The molecule has 3 rings (SSSR count). The van der Waals surface area contributed by atoms with Crippen LogP contribution in [0.5, 0.6) is 5.75 Å². The van der Waals surface area contributed by atoms with Crippen LogP contribution < -0.4 is 4.74 Å². The first-order valence-electron chi connectivity index (χ1n) is 6.89. The predicted molar refractivity (Wildman–Crippen MR) is 74.9 cm³/mol. The second kappa shape index (κ2) is 5.55. The fourth-order valence-electron chi connectivity index (χ4n) is 2.34. The van der Waals surface area contributed by atoms with Crippen molar-refractivity contribution in [2.75, 3.05) is 13.1 Å². The van der Waals surface area contributed by atoms with E-state index < -0.39 is 0 Å². The lowest BCUT2D eigenvalue weighted by Gasteiger charge is -2.39. The Labute approximate surface area is 122 Å². The van der Waals surface area contributed by atoms with Gasteiger partial charge in [0.15, 0.2) is 0 Å². The minimum atomic E-state index is 0.0443. The Morgan fingerprint density at radius 2 is 2.29 bits per heavy atom. The molecule has 0 radical (unpaired) electrons. The Morgan fingerprint density at radius 1 is 1.48 bits per heavy atom. The third-order valence-corrected chi connectivity index (χ3v) is 3.65. The maximum atomic E-state index is 12.2. The van der Waals surface area contributed by atoms with Gasteiger partial charge in [0, 0.05) is 11.8 Å². The van der Waals surface area contributed by atoms with E-state index in [2.05, 4.69) is 10.1 Å². The van der Waals surface area contributed by atoms with E-state index in [1.165, 1.54) is 0 Å². The first-order valence-corrected chi connectivity index (χ1v) is 6.89. The lowest BCUT2D eigenvalue weighted by molar-refractivity contribution is -0.139. The first kappa shape index (κ1) is 13.6. The molecule has 0 bridgehead atoms. The van der Waals surface area contributed by atoms with Gasteiger partial charge in [-0.3, -0.25) is 9.78 Å². The summed E-state index contributed by atoms with van der Waals surface area (Å²) in [5.74, 6) is 1.53. The summed E-state index contributed by atoms with van der Waals surface area (Å²) in [6.45, 7) is 4.89. The zero-order valence-corrected chi connectivity index (χ0v) is 12.1. The molecule has 0 aromatic carbocycles. The molecule has 0 atom stereocenters. The van der Waals surface area contributed by atoms with Gasteiger partial charge in [0.05, 0.1) is 31.4 Å². The number of hydrogen-bond donors (Lipinski definition) is 0. The normalized spacial score (nSPS) is 14.9. The van der Waals surface area contributed by atoms with Crippen LogP contribution in [-0.2, 0) is 11.2 Å². The number of amides is 1. The molecular formula is C15H17N3O3. The lowest BCUT2D eigenvalue weighted by Crippen LogP contribution is -2.56.